The van der Waals surface area contributed by atoms with Crippen LogP contribution in [0.15, 0.2) is 29.6 Å². The topological polar surface area (TPSA) is 54.4 Å². The van der Waals surface area contributed by atoms with Gasteiger partial charge in [0.15, 0.2) is 23.3 Å². The number of pyridine rings is 1. The summed E-state index contributed by atoms with van der Waals surface area (Å²) in [4.78, 5) is 15.2. The largest absolute Gasteiger partial charge is 0.271 e. The zero-order chi connectivity index (χ0) is 16.3. The van der Waals surface area contributed by atoms with Crippen molar-refractivity contribution in [2.24, 2.45) is 5.10 Å². The zero-order valence-corrected chi connectivity index (χ0v) is 10.6. The molecule has 0 spiro atoms. The monoisotopic (exact) mass is 315 g/mol. The van der Waals surface area contributed by atoms with Crippen molar-refractivity contribution >= 4 is 12.1 Å². The Bertz CT molecular complexity index is 720. The molecule has 0 bridgehead atoms. The molecule has 0 aliphatic heterocycles. The van der Waals surface area contributed by atoms with Crippen molar-refractivity contribution in [2.45, 2.75) is 0 Å². The molecule has 1 amide bonds. The average molecular weight is 315 g/mol. The maximum atomic E-state index is 13.3. The van der Waals surface area contributed by atoms with Gasteiger partial charge in [-0.3, -0.25) is 9.78 Å². The van der Waals surface area contributed by atoms with Gasteiger partial charge >= 0.3 is 0 Å². The summed E-state index contributed by atoms with van der Waals surface area (Å²) in [6, 6.07) is 2.67. The smallest absolute Gasteiger partial charge is 0.267 e. The van der Waals surface area contributed by atoms with Gasteiger partial charge in [-0.1, -0.05) is 0 Å². The van der Waals surface area contributed by atoms with E-state index in [1.54, 1.807) is 0 Å². The van der Waals surface area contributed by atoms with Gasteiger partial charge in [-0.15, -0.1) is 0 Å². The van der Waals surface area contributed by atoms with E-state index in [-0.39, 0.29) is 5.56 Å². The normalized spacial score (nSPS) is 11.0. The van der Waals surface area contributed by atoms with Crippen LogP contribution in [0.2, 0.25) is 0 Å². The van der Waals surface area contributed by atoms with Gasteiger partial charge in [-0.2, -0.15) is 5.10 Å². The SMILES string of the molecule is O=C(NN=Cc1c(F)c(F)c(F)c(F)c1F)c1ccncc1. The third-order valence-corrected chi connectivity index (χ3v) is 2.55. The van der Waals surface area contributed by atoms with Gasteiger partial charge in [0.05, 0.1) is 11.8 Å². The summed E-state index contributed by atoms with van der Waals surface area (Å²) in [5, 5.41) is 3.17. The molecule has 4 nitrogen and oxygen atoms in total. The summed E-state index contributed by atoms with van der Waals surface area (Å²) >= 11 is 0. The van der Waals surface area contributed by atoms with E-state index in [1.807, 2.05) is 5.43 Å². The minimum absolute atomic E-state index is 0.143. The predicted octanol–water partition coefficient (Wildman–Crippen LogP) is 2.54. The number of hydrogen-bond donors (Lipinski definition) is 1. The van der Waals surface area contributed by atoms with Crippen LogP contribution in [0.25, 0.3) is 0 Å². The number of amides is 1. The lowest BCUT2D eigenvalue weighted by atomic mass is 10.2. The van der Waals surface area contributed by atoms with Crippen LogP contribution in [0.3, 0.4) is 0 Å². The van der Waals surface area contributed by atoms with Crippen molar-refractivity contribution in [1.29, 1.82) is 0 Å². The number of halogens is 5. The quantitative estimate of drug-likeness (QED) is 0.311. The Kier molecular flexibility index (Phi) is 4.44. The number of aromatic nitrogens is 1. The first kappa shape index (κ1) is 15.5. The van der Waals surface area contributed by atoms with Crippen molar-refractivity contribution in [3.63, 3.8) is 0 Å². The van der Waals surface area contributed by atoms with Gasteiger partial charge in [0.25, 0.3) is 5.91 Å². The summed E-state index contributed by atoms with van der Waals surface area (Å²) in [6.45, 7) is 0. The van der Waals surface area contributed by atoms with Crippen LogP contribution in [0.5, 0.6) is 0 Å². The van der Waals surface area contributed by atoms with Crippen LogP contribution in [-0.4, -0.2) is 17.1 Å². The fourth-order valence-electron chi connectivity index (χ4n) is 1.46. The summed E-state index contributed by atoms with van der Waals surface area (Å²) in [5.74, 6) is -11.3. The predicted molar refractivity (Wildman–Crippen MR) is 65.5 cm³/mol. The molecule has 1 heterocycles. The van der Waals surface area contributed by atoms with Crippen LogP contribution in [0, 0.1) is 29.1 Å². The van der Waals surface area contributed by atoms with Crippen molar-refractivity contribution < 1.29 is 26.7 Å². The van der Waals surface area contributed by atoms with Crippen LogP contribution in [0.4, 0.5) is 22.0 Å². The summed E-state index contributed by atoms with van der Waals surface area (Å²) in [7, 11) is 0. The third kappa shape index (κ3) is 2.92. The summed E-state index contributed by atoms with van der Waals surface area (Å²) in [6.07, 6.45) is 2.97. The number of benzene rings is 1. The molecule has 0 unspecified atom stereocenters. The Hall–Kier alpha value is -2.84. The van der Waals surface area contributed by atoms with E-state index in [0.29, 0.717) is 6.21 Å². The molecule has 1 aromatic carbocycles. The lowest BCUT2D eigenvalue weighted by Crippen LogP contribution is -2.18. The molecule has 0 atom stereocenters. The van der Waals surface area contributed by atoms with E-state index in [1.165, 1.54) is 24.5 Å². The van der Waals surface area contributed by atoms with Crippen LogP contribution in [-0.2, 0) is 0 Å². The summed E-state index contributed by atoms with van der Waals surface area (Å²) < 4.78 is 65.3. The van der Waals surface area contributed by atoms with Gasteiger partial charge in [0.2, 0.25) is 5.82 Å². The molecular weight excluding hydrogens is 309 g/mol. The Balaban J connectivity index is 2.23. The lowest BCUT2D eigenvalue weighted by molar-refractivity contribution is 0.0955. The maximum Gasteiger partial charge on any atom is 0.271 e. The van der Waals surface area contributed by atoms with E-state index < -0.39 is 40.6 Å². The van der Waals surface area contributed by atoms with Gasteiger partial charge in [0, 0.05) is 18.0 Å². The number of hydrogen-bond acceptors (Lipinski definition) is 3. The van der Waals surface area contributed by atoms with Crippen LogP contribution >= 0.6 is 0 Å². The molecular formula is C13H6F5N3O. The van der Waals surface area contributed by atoms with Crippen molar-refractivity contribution in [3.05, 3.63) is 64.7 Å². The number of carbonyl (C=O) groups excluding carboxylic acids is 1. The van der Waals surface area contributed by atoms with Crippen molar-refractivity contribution in [2.75, 3.05) is 0 Å². The van der Waals surface area contributed by atoms with Gasteiger partial charge < -0.3 is 0 Å². The van der Waals surface area contributed by atoms with Gasteiger partial charge in [-0.25, -0.2) is 27.4 Å². The molecule has 2 rings (SSSR count). The highest BCUT2D eigenvalue weighted by Gasteiger charge is 2.24. The van der Waals surface area contributed by atoms with Crippen molar-refractivity contribution in [3.8, 4) is 0 Å². The zero-order valence-electron chi connectivity index (χ0n) is 10.6. The van der Waals surface area contributed by atoms with Gasteiger partial charge in [0.1, 0.15) is 0 Å². The molecule has 114 valence electrons. The highest BCUT2D eigenvalue weighted by atomic mass is 19.2. The molecule has 9 heteroatoms. The molecule has 1 aromatic heterocycles. The molecule has 0 aliphatic carbocycles. The number of nitrogens with zero attached hydrogens (tertiary/aromatic N) is 2. The highest BCUT2D eigenvalue weighted by molar-refractivity contribution is 5.94. The first-order chi connectivity index (χ1) is 10.4. The molecule has 0 saturated heterocycles. The first-order valence-electron chi connectivity index (χ1n) is 5.68. The number of carbonyl (C=O) groups is 1. The maximum absolute atomic E-state index is 13.3. The second-order valence-corrected chi connectivity index (χ2v) is 3.92. The lowest BCUT2D eigenvalue weighted by Gasteiger charge is -2.04. The fraction of sp³-hybridized carbons (Fsp3) is 0. The van der Waals surface area contributed by atoms with E-state index in [2.05, 4.69) is 10.1 Å². The molecule has 2 aromatic rings. The minimum Gasteiger partial charge on any atom is -0.267 e. The van der Waals surface area contributed by atoms with E-state index in [9.17, 15) is 26.7 Å². The Morgan fingerprint density at radius 2 is 1.45 bits per heavy atom. The molecule has 1 N–H and O–H groups in total. The Labute approximate surface area is 120 Å². The van der Waals surface area contributed by atoms with E-state index in [4.69, 9.17) is 0 Å². The number of hydrazone groups is 1. The molecule has 0 aliphatic rings. The van der Waals surface area contributed by atoms with Crippen molar-refractivity contribution in [1.82, 2.24) is 10.4 Å². The number of rotatable bonds is 3. The van der Waals surface area contributed by atoms with Crippen LogP contribution < -0.4 is 5.43 Å². The summed E-state index contributed by atoms with van der Waals surface area (Å²) in [5.41, 5.74) is 0.771. The number of nitrogens with one attached hydrogen (secondary N) is 1. The second kappa shape index (κ2) is 6.29. The molecule has 22 heavy (non-hydrogen) atoms. The average Bonchev–Trinajstić information content (AvgIpc) is 2.55. The minimum atomic E-state index is -2.27. The second-order valence-electron chi connectivity index (χ2n) is 3.92. The standard InChI is InChI=1S/C13H6F5N3O/c14-8-7(9(15)11(17)12(18)10(8)16)5-20-21-13(22)6-1-3-19-4-2-6/h1-5H,(H,21,22). The molecule has 0 saturated carbocycles. The van der Waals surface area contributed by atoms with E-state index in [0.717, 1.165) is 0 Å². The Morgan fingerprint density at radius 1 is 0.955 bits per heavy atom. The van der Waals surface area contributed by atoms with E-state index >= 15 is 0 Å². The molecule has 0 radical (unpaired) electrons. The third-order valence-electron chi connectivity index (χ3n) is 2.55. The molecule has 0 fully saturated rings. The van der Waals surface area contributed by atoms with Gasteiger partial charge in [-0.05, 0) is 12.1 Å². The van der Waals surface area contributed by atoms with Crippen LogP contribution in [0.1, 0.15) is 15.9 Å². The Morgan fingerprint density at radius 3 is 2.00 bits per heavy atom. The first-order valence-corrected chi connectivity index (χ1v) is 5.68. The fourth-order valence-corrected chi connectivity index (χ4v) is 1.46. The highest BCUT2D eigenvalue weighted by Crippen LogP contribution is 2.21.